The molecule has 2 aliphatic heterocycles. The Morgan fingerprint density at radius 1 is 1.08 bits per heavy atom. The number of benzene rings is 1. The highest BCUT2D eigenvalue weighted by Gasteiger charge is 2.28. The summed E-state index contributed by atoms with van der Waals surface area (Å²) < 4.78 is 0. The fourth-order valence-corrected chi connectivity index (χ4v) is 3.13. The van der Waals surface area contributed by atoms with E-state index in [1.165, 1.54) is 5.56 Å². The predicted molar refractivity (Wildman–Crippen MR) is 88.0 cm³/mol. The van der Waals surface area contributed by atoms with Crippen LogP contribution in [0, 0.1) is 0 Å². The fourth-order valence-electron chi connectivity index (χ4n) is 3.13. The zero-order valence-electron chi connectivity index (χ0n) is 13.5. The first-order valence-electron chi connectivity index (χ1n) is 8.24. The molecule has 0 aliphatic carbocycles. The van der Waals surface area contributed by atoms with Gasteiger partial charge in [0.2, 0.25) is 11.8 Å². The van der Waals surface area contributed by atoms with E-state index >= 15 is 0 Å². The summed E-state index contributed by atoms with van der Waals surface area (Å²) in [6.07, 6.45) is 0.337. The van der Waals surface area contributed by atoms with Gasteiger partial charge >= 0.3 is 6.03 Å². The van der Waals surface area contributed by atoms with E-state index in [1.54, 1.807) is 0 Å². The van der Waals surface area contributed by atoms with E-state index < -0.39 is 12.1 Å². The molecule has 1 aromatic rings. The summed E-state index contributed by atoms with van der Waals surface area (Å²) in [7, 11) is 0. The first-order chi connectivity index (χ1) is 11.6. The molecule has 2 aliphatic rings. The van der Waals surface area contributed by atoms with Crippen LogP contribution >= 0.6 is 0 Å². The standard InChI is InChI=1S/C17H22N4O3/c22-15-10-14(18-17(24)19-15)11-16(23)21-8-6-20(7-9-21)12-13-4-2-1-3-5-13/h1-5,14H,6-12H2,(H2,18,19,22,24). The van der Waals surface area contributed by atoms with Gasteiger partial charge in [-0.25, -0.2) is 4.79 Å². The van der Waals surface area contributed by atoms with Crippen molar-refractivity contribution in [2.45, 2.75) is 25.4 Å². The molecule has 1 unspecified atom stereocenters. The molecule has 3 rings (SSSR count). The number of piperazine rings is 1. The highest BCUT2D eigenvalue weighted by atomic mass is 16.2. The number of urea groups is 1. The van der Waals surface area contributed by atoms with Crippen LogP contribution in [0.5, 0.6) is 0 Å². The lowest BCUT2D eigenvalue weighted by Gasteiger charge is -2.35. The van der Waals surface area contributed by atoms with E-state index in [0.717, 1.165) is 19.6 Å². The summed E-state index contributed by atoms with van der Waals surface area (Å²) in [5.41, 5.74) is 1.27. The summed E-state index contributed by atoms with van der Waals surface area (Å²) >= 11 is 0. The van der Waals surface area contributed by atoms with Crippen molar-refractivity contribution in [2.24, 2.45) is 0 Å². The summed E-state index contributed by atoms with van der Waals surface area (Å²) in [5, 5.41) is 4.80. The molecule has 0 radical (unpaired) electrons. The van der Waals surface area contributed by atoms with Crippen LogP contribution in [0.1, 0.15) is 18.4 Å². The van der Waals surface area contributed by atoms with Crippen molar-refractivity contribution >= 4 is 17.8 Å². The van der Waals surface area contributed by atoms with Gasteiger partial charge in [-0.05, 0) is 5.56 Å². The van der Waals surface area contributed by atoms with Crippen LogP contribution in [0.4, 0.5) is 4.79 Å². The van der Waals surface area contributed by atoms with Gasteiger partial charge in [0.05, 0.1) is 0 Å². The highest BCUT2D eigenvalue weighted by molar-refractivity contribution is 5.97. The van der Waals surface area contributed by atoms with Crippen molar-refractivity contribution in [3.8, 4) is 0 Å². The summed E-state index contributed by atoms with van der Waals surface area (Å²) in [4.78, 5) is 39.2. The minimum atomic E-state index is -0.517. The van der Waals surface area contributed by atoms with E-state index in [1.807, 2.05) is 23.1 Å². The third-order valence-corrected chi connectivity index (χ3v) is 4.41. The molecule has 2 saturated heterocycles. The average Bonchev–Trinajstić information content (AvgIpc) is 2.55. The van der Waals surface area contributed by atoms with Gasteiger partial charge in [0.15, 0.2) is 0 Å². The van der Waals surface area contributed by atoms with Crippen molar-refractivity contribution in [1.29, 1.82) is 0 Å². The number of hydrogen-bond donors (Lipinski definition) is 2. The Morgan fingerprint density at radius 2 is 1.79 bits per heavy atom. The number of imide groups is 1. The van der Waals surface area contributed by atoms with Gasteiger partial charge in [-0.1, -0.05) is 30.3 Å². The van der Waals surface area contributed by atoms with Crippen LogP contribution in [0.2, 0.25) is 0 Å². The van der Waals surface area contributed by atoms with Gasteiger partial charge < -0.3 is 10.2 Å². The highest BCUT2D eigenvalue weighted by Crippen LogP contribution is 2.11. The molecule has 4 amide bonds. The molecule has 0 saturated carbocycles. The summed E-state index contributed by atoms with van der Waals surface area (Å²) in [5.74, 6) is -0.335. The fraction of sp³-hybridized carbons (Fsp3) is 0.471. The Kier molecular flexibility index (Phi) is 5.10. The van der Waals surface area contributed by atoms with Crippen LogP contribution in [-0.2, 0) is 16.1 Å². The average molecular weight is 330 g/mol. The van der Waals surface area contributed by atoms with E-state index in [9.17, 15) is 14.4 Å². The van der Waals surface area contributed by atoms with E-state index in [4.69, 9.17) is 0 Å². The molecule has 1 aromatic carbocycles. The number of nitrogens with one attached hydrogen (secondary N) is 2. The SMILES string of the molecule is O=C1CC(CC(=O)N2CCN(Cc3ccccc3)CC2)NC(=O)N1. The molecule has 2 N–H and O–H groups in total. The second-order valence-corrected chi connectivity index (χ2v) is 6.27. The molecule has 0 bridgehead atoms. The number of rotatable bonds is 4. The number of carbonyl (C=O) groups is 3. The predicted octanol–water partition coefficient (Wildman–Crippen LogP) is 0.319. The smallest absolute Gasteiger partial charge is 0.321 e. The second-order valence-electron chi connectivity index (χ2n) is 6.27. The van der Waals surface area contributed by atoms with Crippen LogP contribution in [0.3, 0.4) is 0 Å². The number of hydrogen-bond acceptors (Lipinski definition) is 4. The number of nitrogens with zero attached hydrogens (tertiary/aromatic N) is 2. The number of carbonyl (C=O) groups excluding carboxylic acids is 3. The maximum Gasteiger partial charge on any atom is 0.321 e. The topological polar surface area (TPSA) is 81.8 Å². The first-order valence-corrected chi connectivity index (χ1v) is 8.24. The monoisotopic (exact) mass is 330 g/mol. The second kappa shape index (κ2) is 7.44. The molecule has 1 atom stereocenters. The minimum Gasteiger partial charge on any atom is -0.340 e. The normalized spacial score (nSPS) is 22.0. The Balaban J connectivity index is 1.45. The van der Waals surface area contributed by atoms with E-state index in [-0.39, 0.29) is 24.7 Å². The van der Waals surface area contributed by atoms with Crippen molar-refractivity contribution < 1.29 is 14.4 Å². The Hall–Kier alpha value is -2.41. The molecule has 2 heterocycles. The Bertz CT molecular complexity index is 596. The van der Waals surface area contributed by atoms with Gasteiger partial charge in [-0.3, -0.25) is 19.8 Å². The lowest BCUT2D eigenvalue weighted by Crippen LogP contribution is -2.54. The van der Waals surface area contributed by atoms with Crippen molar-refractivity contribution in [2.75, 3.05) is 26.2 Å². The molecule has 7 heteroatoms. The quantitative estimate of drug-likeness (QED) is 0.833. The Labute approximate surface area is 141 Å². The zero-order chi connectivity index (χ0) is 16.9. The molecular formula is C17H22N4O3. The van der Waals surface area contributed by atoms with E-state index in [2.05, 4.69) is 27.7 Å². The molecule has 7 nitrogen and oxygen atoms in total. The van der Waals surface area contributed by atoms with Gasteiger partial charge in [-0.2, -0.15) is 0 Å². The van der Waals surface area contributed by atoms with Crippen molar-refractivity contribution in [3.05, 3.63) is 35.9 Å². The minimum absolute atomic E-state index is 0.00522. The summed E-state index contributed by atoms with van der Waals surface area (Å²) in [6, 6.07) is 9.36. The maximum absolute atomic E-state index is 12.4. The first kappa shape index (κ1) is 16.4. The van der Waals surface area contributed by atoms with Gasteiger partial charge in [0.1, 0.15) is 0 Å². The van der Waals surface area contributed by atoms with Crippen LogP contribution < -0.4 is 10.6 Å². The van der Waals surface area contributed by atoms with E-state index in [0.29, 0.717) is 13.1 Å². The molecule has 128 valence electrons. The zero-order valence-corrected chi connectivity index (χ0v) is 13.5. The summed E-state index contributed by atoms with van der Waals surface area (Å²) in [6.45, 7) is 3.91. The lowest BCUT2D eigenvalue weighted by atomic mass is 10.1. The number of amides is 4. The van der Waals surface area contributed by atoms with Gasteiger partial charge in [0.25, 0.3) is 0 Å². The largest absolute Gasteiger partial charge is 0.340 e. The maximum atomic E-state index is 12.4. The van der Waals surface area contributed by atoms with Crippen LogP contribution in [0.15, 0.2) is 30.3 Å². The lowest BCUT2D eigenvalue weighted by molar-refractivity contribution is -0.133. The Morgan fingerprint density at radius 3 is 2.46 bits per heavy atom. The molecule has 0 aromatic heterocycles. The van der Waals surface area contributed by atoms with Crippen LogP contribution in [-0.4, -0.2) is 59.9 Å². The third kappa shape index (κ3) is 4.32. The molecular weight excluding hydrogens is 308 g/mol. The molecule has 0 spiro atoms. The van der Waals surface area contributed by atoms with Crippen molar-refractivity contribution in [1.82, 2.24) is 20.4 Å². The van der Waals surface area contributed by atoms with Crippen LogP contribution in [0.25, 0.3) is 0 Å². The van der Waals surface area contributed by atoms with Gasteiger partial charge in [-0.15, -0.1) is 0 Å². The molecule has 2 fully saturated rings. The van der Waals surface area contributed by atoms with Crippen molar-refractivity contribution in [3.63, 3.8) is 0 Å². The molecule has 24 heavy (non-hydrogen) atoms. The van der Waals surface area contributed by atoms with Gasteiger partial charge in [0, 0.05) is 51.6 Å². The third-order valence-electron chi connectivity index (χ3n) is 4.41.